The summed E-state index contributed by atoms with van der Waals surface area (Å²) in [6.45, 7) is 5.65. The summed E-state index contributed by atoms with van der Waals surface area (Å²) in [6.07, 6.45) is -0.993. The molecule has 12 nitrogen and oxygen atoms in total. The number of para-hydroxylation sites is 1. The SMILES string of the molecule is CCCCOC(=O)[C@@H]1CCCN(C2CCN(C(=O)[C@@H](Cc3cc(Cl)c(N)c(C(F)(F)F)c3)OC(=O)N3CCC(N4CCc5ccccc5NC4=O)CC3)CC2)C1. The van der Waals surface area contributed by atoms with Gasteiger partial charge >= 0.3 is 24.3 Å². The van der Waals surface area contributed by atoms with Crippen LogP contribution in [-0.4, -0.2) is 114 Å². The van der Waals surface area contributed by atoms with E-state index in [0.29, 0.717) is 64.9 Å². The monoisotopic (exact) mass is 804 g/mol. The highest BCUT2D eigenvalue weighted by Crippen LogP contribution is 2.38. The number of urea groups is 1. The maximum Gasteiger partial charge on any atom is 0.418 e. The molecular weight excluding hydrogens is 753 g/mol. The lowest BCUT2D eigenvalue weighted by atomic mass is 9.93. The van der Waals surface area contributed by atoms with E-state index in [0.717, 1.165) is 49.5 Å². The molecule has 4 heterocycles. The van der Waals surface area contributed by atoms with Crippen LogP contribution in [0.25, 0.3) is 0 Å². The van der Waals surface area contributed by atoms with E-state index < -0.39 is 35.5 Å². The van der Waals surface area contributed by atoms with Crippen molar-refractivity contribution < 1.29 is 41.8 Å². The van der Waals surface area contributed by atoms with Crippen LogP contribution in [0.5, 0.6) is 0 Å². The maximum atomic E-state index is 14.1. The lowest BCUT2D eigenvalue weighted by Crippen LogP contribution is -2.53. The number of nitrogens with one attached hydrogen (secondary N) is 1. The van der Waals surface area contributed by atoms with E-state index in [-0.39, 0.29) is 60.1 Å². The van der Waals surface area contributed by atoms with Gasteiger partial charge in [-0.25, -0.2) is 9.59 Å². The molecule has 0 unspecified atom stereocenters. The molecule has 3 N–H and O–H groups in total. The van der Waals surface area contributed by atoms with Crippen molar-refractivity contribution >= 4 is 47.0 Å². The second-order valence-electron chi connectivity index (χ2n) is 15.3. The molecule has 2 aromatic carbocycles. The Morgan fingerprint density at radius 2 is 1.66 bits per heavy atom. The fraction of sp³-hybridized carbons (Fsp3) is 0.600. The van der Waals surface area contributed by atoms with E-state index in [1.165, 1.54) is 11.0 Å². The number of benzene rings is 2. The Balaban J connectivity index is 1.10. The zero-order valence-corrected chi connectivity index (χ0v) is 32.6. The smallest absolute Gasteiger partial charge is 0.418 e. The minimum Gasteiger partial charge on any atom is -0.465 e. The minimum absolute atomic E-state index is 0.0506. The molecule has 2 aromatic rings. The molecule has 0 bridgehead atoms. The zero-order valence-electron chi connectivity index (χ0n) is 31.8. The van der Waals surface area contributed by atoms with E-state index in [9.17, 15) is 32.3 Å². The number of anilines is 2. The average Bonchev–Trinajstić information content (AvgIpc) is 3.36. The normalized spacial score (nSPS) is 20.8. The molecule has 306 valence electrons. The summed E-state index contributed by atoms with van der Waals surface area (Å²) < 4.78 is 53.1. The van der Waals surface area contributed by atoms with Crippen molar-refractivity contribution in [2.75, 3.05) is 63.5 Å². The number of hydrogen-bond donors (Lipinski definition) is 2. The molecule has 56 heavy (non-hydrogen) atoms. The van der Waals surface area contributed by atoms with Crippen molar-refractivity contribution in [2.24, 2.45) is 5.92 Å². The zero-order chi connectivity index (χ0) is 40.0. The number of ether oxygens (including phenoxy) is 2. The van der Waals surface area contributed by atoms with Crippen LogP contribution in [0, 0.1) is 5.92 Å². The molecule has 4 aliphatic rings. The Labute approximate surface area is 330 Å². The molecule has 0 aliphatic carbocycles. The highest BCUT2D eigenvalue weighted by molar-refractivity contribution is 6.33. The number of rotatable bonds is 10. The molecule has 2 atom stereocenters. The summed E-state index contributed by atoms with van der Waals surface area (Å²) in [6, 6.07) is 9.59. The second-order valence-corrected chi connectivity index (χ2v) is 15.7. The highest BCUT2D eigenvalue weighted by Gasteiger charge is 2.39. The number of nitrogen functional groups attached to an aromatic ring is 1. The van der Waals surface area contributed by atoms with Gasteiger partial charge in [-0.2, -0.15) is 13.2 Å². The lowest BCUT2D eigenvalue weighted by molar-refractivity contribution is -0.151. The molecule has 3 fully saturated rings. The summed E-state index contributed by atoms with van der Waals surface area (Å²) in [5, 5.41) is 2.67. The molecule has 0 radical (unpaired) electrons. The predicted molar refractivity (Wildman–Crippen MR) is 205 cm³/mol. The van der Waals surface area contributed by atoms with Crippen LogP contribution in [0.2, 0.25) is 5.02 Å². The molecule has 0 spiro atoms. The molecule has 4 amide bonds. The standard InChI is InChI=1S/C40H52ClF3N6O6/c1-2-3-21-55-37(52)28-8-6-15-49(25-28)29-11-16-47(17-12-29)36(51)34(24-26-22-31(40(42,43)44)35(45)32(41)23-26)56-39(54)48-18-13-30(14-19-48)50-20-10-27-7-4-5-9-33(27)46-38(50)53/h4-5,7,9,22-23,28-30,34H,2-3,6,8,10-21,24-25,45H2,1H3,(H,46,53)/t28-,34-/m1/s1. The van der Waals surface area contributed by atoms with Crippen molar-refractivity contribution in [3.05, 3.63) is 58.1 Å². The number of likely N-dealkylation sites (tertiary alicyclic amines) is 3. The molecule has 6 rings (SSSR count). The topological polar surface area (TPSA) is 138 Å². The van der Waals surface area contributed by atoms with Gasteiger partial charge in [0, 0.05) is 63.5 Å². The van der Waals surface area contributed by atoms with Gasteiger partial charge in [0.15, 0.2) is 6.10 Å². The molecule has 0 aromatic heterocycles. The number of fused-ring (bicyclic) bond motifs is 1. The number of hydrogen-bond acceptors (Lipinski definition) is 8. The molecule has 3 saturated heterocycles. The minimum atomic E-state index is -4.79. The number of unbranched alkanes of at least 4 members (excludes halogenated alkanes) is 1. The summed E-state index contributed by atoms with van der Waals surface area (Å²) in [5.74, 6) is -0.870. The number of nitrogens with zero attached hydrogens (tertiary/aromatic N) is 4. The molecular formula is C40H52ClF3N6O6. The van der Waals surface area contributed by atoms with Crippen LogP contribution < -0.4 is 11.1 Å². The van der Waals surface area contributed by atoms with Crippen molar-refractivity contribution in [3.8, 4) is 0 Å². The third-order valence-electron chi connectivity index (χ3n) is 11.6. The van der Waals surface area contributed by atoms with Crippen molar-refractivity contribution in [3.63, 3.8) is 0 Å². The van der Waals surface area contributed by atoms with Crippen molar-refractivity contribution in [2.45, 2.75) is 95.5 Å². The fourth-order valence-corrected chi connectivity index (χ4v) is 8.58. The number of halogens is 4. The number of amides is 4. The first-order chi connectivity index (χ1) is 26.8. The van der Waals surface area contributed by atoms with Crippen LogP contribution in [0.15, 0.2) is 36.4 Å². The number of carbonyl (C=O) groups excluding carboxylic acids is 4. The average molecular weight is 805 g/mol. The van der Waals surface area contributed by atoms with Gasteiger partial charge in [0.25, 0.3) is 5.91 Å². The molecule has 4 aliphatic heterocycles. The third kappa shape index (κ3) is 10.0. The van der Waals surface area contributed by atoms with Crippen molar-refractivity contribution in [1.82, 2.24) is 19.6 Å². The summed E-state index contributed by atoms with van der Waals surface area (Å²) >= 11 is 6.14. The first-order valence-corrected chi connectivity index (χ1v) is 20.2. The van der Waals surface area contributed by atoms with Gasteiger partial charge in [-0.3, -0.25) is 14.5 Å². The lowest BCUT2D eigenvalue weighted by Gasteiger charge is -2.42. The van der Waals surface area contributed by atoms with Gasteiger partial charge in [-0.15, -0.1) is 0 Å². The highest BCUT2D eigenvalue weighted by atomic mass is 35.5. The van der Waals surface area contributed by atoms with Gasteiger partial charge in [0.2, 0.25) is 0 Å². The van der Waals surface area contributed by atoms with E-state index in [2.05, 4.69) is 10.2 Å². The largest absolute Gasteiger partial charge is 0.465 e. The Kier molecular flexibility index (Phi) is 13.6. The second kappa shape index (κ2) is 18.4. The van der Waals surface area contributed by atoms with Gasteiger partial charge in [0.1, 0.15) is 0 Å². The van der Waals surface area contributed by atoms with Gasteiger partial charge in [-0.05, 0) is 87.2 Å². The third-order valence-corrected chi connectivity index (χ3v) is 11.9. The van der Waals surface area contributed by atoms with E-state index in [4.69, 9.17) is 26.8 Å². The number of esters is 1. The van der Waals surface area contributed by atoms with Crippen molar-refractivity contribution in [1.29, 1.82) is 0 Å². The predicted octanol–water partition coefficient (Wildman–Crippen LogP) is 6.59. The first-order valence-electron chi connectivity index (χ1n) is 19.8. The summed E-state index contributed by atoms with van der Waals surface area (Å²) in [7, 11) is 0. The Hall–Kier alpha value is -4.24. The Morgan fingerprint density at radius 3 is 2.38 bits per heavy atom. The number of nitrogens with two attached hydrogens (primary N) is 1. The van der Waals surface area contributed by atoms with Gasteiger partial charge in [0.05, 0.1) is 28.8 Å². The van der Waals surface area contributed by atoms with E-state index >= 15 is 0 Å². The quantitative estimate of drug-likeness (QED) is 0.156. The van der Waals surface area contributed by atoms with Crippen LogP contribution in [0.1, 0.15) is 75.0 Å². The van der Waals surface area contributed by atoms with E-state index in [1.54, 1.807) is 9.80 Å². The summed E-state index contributed by atoms with van der Waals surface area (Å²) in [4.78, 5) is 60.8. The first kappa shape index (κ1) is 41.4. The summed E-state index contributed by atoms with van der Waals surface area (Å²) in [5.41, 5.74) is 5.81. The number of alkyl halides is 3. The molecule has 16 heteroatoms. The van der Waals surface area contributed by atoms with Crippen LogP contribution in [0.4, 0.5) is 34.1 Å². The fourth-order valence-electron chi connectivity index (χ4n) is 8.33. The Morgan fingerprint density at radius 1 is 0.964 bits per heavy atom. The Bertz CT molecular complexity index is 1730. The van der Waals surface area contributed by atoms with Crippen LogP contribution in [-0.2, 0) is 38.1 Å². The number of piperidine rings is 3. The van der Waals surface area contributed by atoms with Crippen LogP contribution >= 0.6 is 11.6 Å². The van der Waals surface area contributed by atoms with E-state index in [1.807, 2.05) is 31.2 Å². The van der Waals surface area contributed by atoms with Crippen LogP contribution in [0.3, 0.4) is 0 Å². The maximum absolute atomic E-state index is 14.1. The van der Waals surface area contributed by atoms with Gasteiger partial charge < -0.3 is 35.2 Å². The molecule has 0 saturated carbocycles. The van der Waals surface area contributed by atoms with Gasteiger partial charge in [-0.1, -0.05) is 43.1 Å². The number of carbonyl (C=O) groups is 4.